The van der Waals surface area contributed by atoms with Crippen LogP contribution in [0.3, 0.4) is 0 Å². The number of nitrogens with two attached hydrogens (primary N) is 1. The molecule has 0 fully saturated rings. The van der Waals surface area contributed by atoms with Gasteiger partial charge in [0.05, 0.1) is 22.7 Å². The number of hydrogen-bond acceptors (Lipinski definition) is 5. The highest BCUT2D eigenvalue weighted by Gasteiger charge is 2.10. The summed E-state index contributed by atoms with van der Waals surface area (Å²) in [6.45, 7) is 4.29. The maximum atomic E-state index is 11.2. The van der Waals surface area contributed by atoms with Gasteiger partial charge < -0.3 is 4.74 Å². The number of ether oxygens (including phenoxy) is 1. The summed E-state index contributed by atoms with van der Waals surface area (Å²) in [5.74, 6) is 0.666. The molecule has 20 heavy (non-hydrogen) atoms. The number of thiazole rings is 1. The Labute approximate surface area is 122 Å². The lowest BCUT2D eigenvalue weighted by molar-refractivity contribution is 0.320. The average Bonchev–Trinajstić information content (AvgIpc) is 2.76. The van der Waals surface area contributed by atoms with Gasteiger partial charge in [-0.15, -0.1) is 11.3 Å². The molecule has 0 saturated heterocycles. The van der Waals surface area contributed by atoms with Crippen molar-refractivity contribution in [2.24, 2.45) is 5.14 Å². The zero-order chi connectivity index (χ0) is 14.8. The van der Waals surface area contributed by atoms with E-state index in [1.54, 1.807) is 24.3 Å². The molecule has 2 N–H and O–H groups in total. The molecular formula is C13H16N2O3S2. The van der Waals surface area contributed by atoms with E-state index in [0.29, 0.717) is 12.4 Å². The molecule has 5 nitrogen and oxygen atoms in total. The van der Waals surface area contributed by atoms with Gasteiger partial charge in [-0.25, -0.2) is 18.5 Å². The van der Waals surface area contributed by atoms with Crippen molar-refractivity contribution in [2.75, 3.05) is 6.61 Å². The van der Waals surface area contributed by atoms with Gasteiger partial charge in [0.15, 0.2) is 0 Å². The van der Waals surface area contributed by atoms with Crippen molar-refractivity contribution in [3.8, 4) is 5.75 Å². The van der Waals surface area contributed by atoms with Crippen LogP contribution in [-0.4, -0.2) is 20.0 Å². The van der Waals surface area contributed by atoms with Gasteiger partial charge in [0, 0.05) is 11.3 Å². The lowest BCUT2D eigenvalue weighted by Gasteiger charge is -2.09. The Balaban J connectivity index is 2.02. The van der Waals surface area contributed by atoms with Crippen LogP contribution in [0, 0.1) is 13.8 Å². The molecule has 0 amide bonds. The largest absolute Gasteiger partial charge is 0.493 e. The van der Waals surface area contributed by atoms with Gasteiger partial charge >= 0.3 is 0 Å². The molecule has 0 atom stereocenters. The summed E-state index contributed by atoms with van der Waals surface area (Å²) >= 11 is 1.61. The topological polar surface area (TPSA) is 82.3 Å². The molecule has 0 radical (unpaired) electrons. The second-order valence-electron chi connectivity index (χ2n) is 4.43. The Morgan fingerprint density at radius 2 is 2.10 bits per heavy atom. The van der Waals surface area contributed by atoms with Crippen LogP contribution in [0.25, 0.3) is 0 Å². The minimum Gasteiger partial charge on any atom is -0.493 e. The molecule has 0 unspecified atom stereocenters. The Kier molecular flexibility index (Phi) is 4.42. The van der Waals surface area contributed by atoms with Crippen molar-refractivity contribution < 1.29 is 13.2 Å². The summed E-state index contributed by atoms with van der Waals surface area (Å²) in [4.78, 5) is 5.48. The van der Waals surface area contributed by atoms with Crippen LogP contribution >= 0.6 is 11.3 Å². The molecule has 0 aliphatic heterocycles. The molecule has 0 spiro atoms. The molecule has 0 aliphatic rings. The first kappa shape index (κ1) is 15.0. The summed E-state index contributed by atoms with van der Waals surface area (Å²) in [7, 11) is -3.67. The second kappa shape index (κ2) is 5.90. The third-order valence-corrected chi connectivity index (χ3v) is 4.81. The predicted molar refractivity (Wildman–Crippen MR) is 78.6 cm³/mol. The lowest BCUT2D eigenvalue weighted by Crippen LogP contribution is -2.12. The van der Waals surface area contributed by atoms with Crippen molar-refractivity contribution in [2.45, 2.75) is 25.2 Å². The highest BCUT2D eigenvalue weighted by atomic mass is 32.2. The fourth-order valence-corrected chi connectivity index (χ4v) is 3.14. The van der Waals surface area contributed by atoms with Crippen molar-refractivity contribution in [1.82, 2.24) is 4.98 Å². The molecule has 0 bridgehead atoms. The molecule has 7 heteroatoms. The van der Waals surface area contributed by atoms with Gasteiger partial charge in [-0.2, -0.15) is 0 Å². The van der Waals surface area contributed by atoms with Crippen LogP contribution in [0.2, 0.25) is 0 Å². The van der Waals surface area contributed by atoms with E-state index >= 15 is 0 Å². The number of aromatic nitrogens is 1. The SMILES string of the molecule is Cc1cc(S(N)(=O)=O)ccc1OCCc1scnc1C. The van der Waals surface area contributed by atoms with Crippen molar-refractivity contribution in [1.29, 1.82) is 0 Å². The van der Waals surface area contributed by atoms with Crippen LogP contribution in [0.5, 0.6) is 5.75 Å². The fraction of sp³-hybridized carbons (Fsp3) is 0.308. The lowest BCUT2D eigenvalue weighted by atomic mass is 10.2. The minimum absolute atomic E-state index is 0.0978. The number of sulfonamides is 1. The third-order valence-electron chi connectivity index (χ3n) is 2.91. The first-order valence-corrected chi connectivity index (χ1v) is 8.46. The summed E-state index contributed by atoms with van der Waals surface area (Å²) < 4.78 is 28.1. The first-order chi connectivity index (χ1) is 9.38. The van der Waals surface area contributed by atoms with E-state index in [1.807, 2.05) is 12.4 Å². The zero-order valence-corrected chi connectivity index (χ0v) is 12.9. The molecule has 0 aliphatic carbocycles. The van der Waals surface area contributed by atoms with Crippen molar-refractivity contribution in [3.63, 3.8) is 0 Å². The molecular weight excluding hydrogens is 296 g/mol. The monoisotopic (exact) mass is 312 g/mol. The maximum absolute atomic E-state index is 11.2. The number of aryl methyl sites for hydroxylation is 2. The summed E-state index contributed by atoms with van der Waals surface area (Å²) in [6, 6.07) is 4.60. The Morgan fingerprint density at radius 3 is 2.65 bits per heavy atom. The molecule has 0 saturated carbocycles. The maximum Gasteiger partial charge on any atom is 0.238 e. The van der Waals surface area contributed by atoms with Crippen LogP contribution in [0.4, 0.5) is 0 Å². The quantitative estimate of drug-likeness (QED) is 0.915. The molecule has 1 aromatic heterocycles. The number of primary sulfonamides is 1. The van der Waals surface area contributed by atoms with Crippen LogP contribution in [0.15, 0.2) is 28.6 Å². The average molecular weight is 312 g/mol. The summed E-state index contributed by atoms with van der Waals surface area (Å²) in [5, 5.41) is 5.08. The molecule has 108 valence electrons. The Morgan fingerprint density at radius 1 is 1.35 bits per heavy atom. The van der Waals surface area contributed by atoms with Gasteiger partial charge in [-0.1, -0.05) is 0 Å². The number of nitrogens with zero attached hydrogens (tertiary/aromatic N) is 1. The summed E-state index contributed by atoms with van der Waals surface area (Å²) in [6.07, 6.45) is 0.785. The predicted octanol–water partition coefficient (Wildman–Crippen LogP) is 2.03. The first-order valence-electron chi connectivity index (χ1n) is 6.03. The van der Waals surface area contributed by atoms with Gasteiger partial charge in [0.1, 0.15) is 5.75 Å². The second-order valence-corrected chi connectivity index (χ2v) is 6.93. The van der Waals surface area contributed by atoms with Crippen molar-refractivity contribution in [3.05, 3.63) is 39.8 Å². The van der Waals surface area contributed by atoms with E-state index in [-0.39, 0.29) is 4.90 Å². The highest BCUT2D eigenvalue weighted by Crippen LogP contribution is 2.22. The van der Waals surface area contributed by atoms with Crippen molar-refractivity contribution >= 4 is 21.4 Å². The van der Waals surface area contributed by atoms with Crippen LogP contribution < -0.4 is 9.88 Å². The Hall–Kier alpha value is -1.44. The zero-order valence-electron chi connectivity index (χ0n) is 11.3. The molecule has 2 rings (SSSR count). The highest BCUT2D eigenvalue weighted by molar-refractivity contribution is 7.89. The van der Waals surface area contributed by atoms with E-state index in [2.05, 4.69) is 4.98 Å². The van der Waals surface area contributed by atoms with Crippen LogP contribution in [0.1, 0.15) is 16.1 Å². The summed E-state index contributed by atoms with van der Waals surface area (Å²) in [5.41, 5.74) is 3.59. The number of rotatable bonds is 5. The normalized spacial score (nSPS) is 11.6. The molecule has 2 aromatic rings. The van der Waals surface area contributed by atoms with E-state index in [0.717, 1.165) is 17.7 Å². The smallest absolute Gasteiger partial charge is 0.238 e. The number of benzene rings is 1. The third kappa shape index (κ3) is 3.56. The van der Waals surface area contributed by atoms with E-state index < -0.39 is 10.0 Å². The van der Waals surface area contributed by atoms with E-state index in [4.69, 9.17) is 9.88 Å². The molecule has 1 aromatic carbocycles. The minimum atomic E-state index is -3.67. The van der Waals surface area contributed by atoms with Crippen LogP contribution in [-0.2, 0) is 16.4 Å². The van der Waals surface area contributed by atoms with E-state index in [1.165, 1.54) is 17.0 Å². The standard InChI is InChI=1S/C13H16N2O3S2/c1-9-7-11(20(14,16)17)3-4-12(9)18-6-5-13-10(2)15-8-19-13/h3-4,7-8H,5-6H2,1-2H3,(H2,14,16,17). The number of hydrogen-bond donors (Lipinski definition) is 1. The van der Waals surface area contributed by atoms with E-state index in [9.17, 15) is 8.42 Å². The van der Waals surface area contributed by atoms with Gasteiger partial charge in [0.25, 0.3) is 0 Å². The molecule has 1 heterocycles. The van der Waals surface area contributed by atoms with Gasteiger partial charge in [0.2, 0.25) is 10.0 Å². The van der Waals surface area contributed by atoms with Gasteiger partial charge in [-0.3, -0.25) is 0 Å². The fourth-order valence-electron chi connectivity index (χ4n) is 1.78. The Bertz CT molecular complexity index is 708. The van der Waals surface area contributed by atoms with Gasteiger partial charge in [-0.05, 0) is 37.6 Å².